The highest BCUT2D eigenvalue weighted by atomic mass is 16.5. The zero-order valence-corrected chi connectivity index (χ0v) is 11.5. The lowest BCUT2D eigenvalue weighted by Gasteiger charge is -2.48. The van der Waals surface area contributed by atoms with Crippen molar-refractivity contribution in [2.24, 2.45) is 5.92 Å². The van der Waals surface area contributed by atoms with E-state index in [0.717, 1.165) is 38.8 Å². The van der Waals surface area contributed by atoms with Crippen molar-refractivity contribution in [3.63, 3.8) is 0 Å². The van der Waals surface area contributed by atoms with Crippen molar-refractivity contribution in [2.45, 2.75) is 57.6 Å². The fourth-order valence-corrected chi connectivity index (χ4v) is 3.36. The Morgan fingerprint density at radius 1 is 1.50 bits per heavy atom. The van der Waals surface area contributed by atoms with Gasteiger partial charge in [0.25, 0.3) is 0 Å². The van der Waals surface area contributed by atoms with Crippen LogP contribution in [-0.2, 0) is 9.53 Å². The van der Waals surface area contributed by atoms with E-state index >= 15 is 0 Å². The van der Waals surface area contributed by atoms with Crippen LogP contribution in [0.5, 0.6) is 0 Å². The SMILES string of the molecule is CCOC(=O)C(C)N1CCC2(O)CCCCC2C1. The van der Waals surface area contributed by atoms with E-state index in [1.807, 2.05) is 13.8 Å². The third-order valence-electron chi connectivity index (χ3n) is 4.63. The predicted molar refractivity (Wildman–Crippen MR) is 69.2 cm³/mol. The van der Waals surface area contributed by atoms with Crippen molar-refractivity contribution in [1.29, 1.82) is 0 Å². The Balaban J connectivity index is 1.95. The van der Waals surface area contributed by atoms with E-state index in [0.29, 0.717) is 12.5 Å². The number of nitrogens with zero attached hydrogens (tertiary/aromatic N) is 1. The van der Waals surface area contributed by atoms with Gasteiger partial charge in [-0.2, -0.15) is 0 Å². The summed E-state index contributed by atoms with van der Waals surface area (Å²) in [7, 11) is 0. The number of esters is 1. The molecular weight excluding hydrogens is 230 g/mol. The molecule has 4 heteroatoms. The number of piperidine rings is 1. The Labute approximate surface area is 109 Å². The second-order valence-electron chi connectivity index (χ2n) is 5.72. The molecule has 2 rings (SSSR count). The summed E-state index contributed by atoms with van der Waals surface area (Å²) in [4.78, 5) is 13.9. The van der Waals surface area contributed by atoms with Crippen LogP contribution in [0.3, 0.4) is 0 Å². The first-order valence-corrected chi connectivity index (χ1v) is 7.20. The second kappa shape index (κ2) is 5.57. The first kappa shape index (κ1) is 13.8. The van der Waals surface area contributed by atoms with Crippen LogP contribution in [0.15, 0.2) is 0 Å². The molecule has 0 aromatic rings. The molecule has 3 unspecified atom stereocenters. The fraction of sp³-hybridized carbons (Fsp3) is 0.929. The van der Waals surface area contributed by atoms with Crippen LogP contribution in [0.25, 0.3) is 0 Å². The Morgan fingerprint density at radius 3 is 3.00 bits per heavy atom. The highest BCUT2D eigenvalue weighted by molar-refractivity contribution is 5.75. The van der Waals surface area contributed by atoms with E-state index < -0.39 is 5.60 Å². The second-order valence-corrected chi connectivity index (χ2v) is 5.72. The van der Waals surface area contributed by atoms with E-state index in [1.54, 1.807) is 0 Å². The zero-order chi connectivity index (χ0) is 13.2. The molecule has 2 fully saturated rings. The predicted octanol–water partition coefficient (Wildman–Crippen LogP) is 1.56. The van der Waals surface area contributed by atoms with Gasteiger partial charge in [0.2, 0.25) is 0 Å². The standard InChI is InChI=1S/C14H25NO3/c1-3-18-13(16)11(2)15-9-8-14(17)7-5-4-6-12(14)10-15/h11-12,17H,3-10H2,1-2H3. The molecule has 1 heterocycles. The maximum absolute atomic E-state index is 11.8. The lowest BCUT2D eigenvalue weighted by atomic mass is 9.71. The number of rotatable bonds is 3. The van der Waals surface area contributed by atoms with Gasteiger partial charge < -0.3 is 9.84 Å². The number of fused-ring (bicyclic) bond motifs is 1. The molecule has 0 spiro atoms. The van der Waals surface area contributed by atoms with Crippen LogP contribution in [0.4, 0.5) is 0 Å². The van der Waals surface area contributed by atoms with Gasteiger partial charge in [-0.1, -0.05) is 12.8 Å². The molecule has 1 N–H and O–H groups in total. The highest BCUT2D eigenvalue weighted by Crippen LogP contribution is 2.40. The first-order chi connectivity index (χ1) is 8.57. The largest absolute Gasteiger partial charge is 0.465 e. The quantitative estimate of drug-likeness (QED) is 0.778. The summed E-state index contributed by atoms with van der Waals surface area (Å²) in [5.41, 5.74) is -0.469. The van der Waals surface area contributed by atoms with Gasteiger partial charge in [0.15, 0.2) is 0 Å². The van der Waals surface area contributed by atoms with E-state index in [-0.39, 0.29) is 12.0 Å². The normalized spacial score (nSPS) is 34.7. The molecule has 1 saturated heterocycles. The third kappa shape index (κ3) is 2.69. The highest BCUT2D eigenvalue weighted by Gasteiger charge is 2.44. The number of aliphatic hydroxyl groups is 1. The van der Waals surface area contributed by atoms with E-state index in [1.165, 1.54) is 6.42 Å². The molecule has 0 aromatic carbocycles. The van der Waals surface area contributed by atoms with E-state index in [9.17, 15) is 9.90 Å². The third-order valence-corrected chi connectivity index (χ3v) is 4.63. The summed E-state index contributed by atoms with van der Waals surface area (Å²) in [5.74, 6) is 0.190. The van der Waals surface area contributed by atoms with Gasteiger partial charge in [0.05, 0.1) is 12.2 Å². The van der Waals surface area contributed by atoms with Gasteiger partial charge in [-0.15, -0.1) is 0 Å². The zero-order valence-electron chi connectivity index (χ0n) is 11.5. The lowest BCUT2D eigenvalue weighted by molar-refractivity contribution is -0.154. The molecule has 0 bridgehead atoms. The van der Waals surface area contributed by atoms with Crippen molar-refractivity contribution < 1.29 is 14.6 Å². The summed E-state index contributed by atoms with van der Waals surface area (Å²) < 4.78 is 5.07. The molecule has 1 aliphatic carbocycles. The van der Waals surface area contributed by atoms with Gasteiger partial charge in [-0.05, 0) is 33.1 Å². The molecular formula is C14H25NO3. The van der Waals surface area contributed by atoms with Crippen LogP contribution in [0.1, 0.15) is 46.0 Å². The van der Waals surface area contributed by atoms with Crippen LogP contribution < -0.4 is 0 Å². The Morgan fingerprint density at radius 2 is 2.28 bits per heavy atom. The number of hydrogen-bond donors (Lipinski definition) is 1. The average Bonchev–Trinajstić information content (AvgIpc) is 2.37. The van der Waals surface area contributed by atoms with Crippen LogP contribution in [-0.4, -0.2) is 47.3 Å². The molecule has 4 nitrogen and oxygen atoms in total. The van der Waals surface area contributed by atoms with E-state index in [2.05, 4.69) is 4.90 Å². The average molecular weight is 255 g/mol. The minimum Gasteiger partial charge on any atom is -0.465 e. The van der Waals surface area contributed by atoms with Gasteiger partial charge >= 0.3 is 5.97 Å². The smallest absolute Gasteiger partial charge is 0.323 e. The number of carbonyl (C=O) groups is 1. The summed E-state index contributed by atoms with van der Waals surface area (Å²) in [5, 5.41) is 10.6. The molecule has 1 saturated carbocycles. The molecule has 104 valence electrons. The van der Waals surface area contributed by atoms with Crippen molar-refractivity contribution in [2.75, 3.05) is 19.7 Å². The minimum atomic E-state index is -0.469. The van der Waals surface area contributed by atoms with Gasteiger partial charge in [-0.3, -0.25) is 9.69 Å². The summed E-state index contributed by atoms with van der Waals surface area (Å²) >= 11 is 0. The van der Waals surface area contributed by atoms with Crippen LogP contribution in [0.2, 0.25) is 0 Å². The summed E-state index contributed by atoms with van der Waals surface area (Å²) in [6.07, 6.45) is 5.15. The molecule has 0 radical (unpaired) electrons. The lowest BCUT2D eigenvalue weighted by Crippen LogP contribution is -2.56. The fourth-order valence-electron chi connectivity index (χ4n) is 3.36. The number of likely N-dealkylation sites (tertiary alicyclic amines) is 1. The van der Waals surface area contributed by atoms with Crippen molar-refractivity contribution in [3.05, 3.63) is 0 Å². The number of hydrogen-bond acceptors (Lipinski definition) is 4. The van der Waals surface area contributed by atoms with Gasteiger partial charge in [-0.25, -0.2) is 0 Å². The maximum atomic E-state index is 11.8. The topological polar surface area (TPSA) is 49.8 Å². The molecule has 3 atom stereocenters. The van der Waals surface area contributed by atoms with Gasteiger partial charge in [0, 0.05) is 19.0 Å². The number of ether oxygens (including phenoxy) is 1. The van der Waals surface area contributed by atoms with Crippen molar-refractivity contribution >= 4 is 5.97 Å². The molecule has 2 aliphatic rings. The molecule has 0 amide bonds. The van der Waals surface area contributed by atoms with Crippen molar-refractivity contribution in [3.8, 4) is 0 Å². The maximum Gasteiger partial charge on any atom is 0.323 e. The van der Waals surface area contributed by atoms with Crippen LogP contribution >= 0.6 is 0 Å². The summed E-state index contributed by atoms with van der Waals surface area (Å²) in [6, 6.07) is -0.184. The van der Waals surface area contributed by atoms with Crippen LogP contribution in [0, 0.1) is 5.92 Å². The minimum absolute atomic E-state index is 0.140. The molecule has 18 heavy (non-hydrogen) atoms. The Hall–Kier alpha value is -0.610. The molecule has 0 aromatic heterocycles. The Kier molecular flexibility index (Phi) is 4.28. The van der Waals surface area contributed by atoms with Gasteiger partial charge in [0.1, 0.15) is 6.04 Å². The number of carbonyl (C=O) groups excluding carboxylic acids is 1. The molecule has 1 aliphatic heterocycles. The first-order valence-electron chi connectivity index (χ1n) is 7.20. The Bertz CT molecular complexity index is 307. The monoisotopic (exact) mass is 255 g/mol. The van der Waals surface area contributed by atoms with Crippen molar-refractivity contribution in [1.82, 2.24) is 4.90 Å². The van der Waals surface area contributed by atoms with E-state index in [4.69, 9.17) is 4.74 Å². The summed E-state index contributed by atoms with van der Waals surface area (Å²) in [6.45, 7) is 5.81.